The van der Waals surface area contributed by atoms with Gasteiger partial charge in [0.1, 0.15) is 0 Å². The summed E-state index contributed by atoms with van der Waals surface area (Å²) in [6.07, 6.45) is 0. The minimum absolute atomic E-state index is 0.604. The molecule has 4 heteroatoms. The molecule has 4 nitrogen and oxygen atoms in total. The molecule has 12 aromatic rings. The molecule has 0 saturated heterocycles. The summed E-state index contributed by atoms with van der Waals surface area (Å²) in [5.41, 5.74) is 12.7. The van der Waals surface area contributed by atoms with Crippen LogP contribution in [0.3, 0.4) is 0 Å². The van der Waals surface area contributed by atoms with Crippen molar-refractivity contribution >= 4 is 43.4 Å². The molecule has 0 radical (unpaired) electrons. The monoisotopic (exact) mass is 802 g/mol. The molecular weight excluding hydrogens is 765 g/mol. The number of aromatic nitrogens is 4. The van der Waals surface area contributed by atoms with E-state index in [9.17, 15) is 0 Å². The van der Waals surface area contributed by atoms with Crippen LogP contribution in [-0.4, -0.2) is 19.5 Å². The lowest BCUT2D eigenvalue weighted by atomic mass is 9.91. The second-order valence-corrected chi connectivity index (χ2v) is 16.0. The third-order valence-electron chi connectivity index (χ3n) is 12.2. The molecule has 0 amide bonds. The summed E-state index contributed by atoms with van der Waals surface area (Å²) >= 11 is 0. The molecule has 0 aliphatic heterocycles. The van der Waals surface area contributed by atoms with Crippen LogP contribution >= 0.6 is 0 Å². The summed E-state index contributed by atoms with van der Waals surface area (Å²) in [5.74, 6) is 1.85. The van der Waals surface area contributed by atoms with Gasteiger partial charge in [-0.05, 0) is 74.3 Å². The van der Waals surface area contributed by atoms with E-state index in [1.165, 1.54) is 37.8 Å². The molecule has 0 fully saturated rings. The maximum atomic E-state index is 5.32. The van der Waals surface area contributed by atoms with E-state index in [4.69, 9.17) is 15.0 Å². The topological polar surface area (TPSA) is 43.6 Å². The molecular formula is C59H38N4. The van der Waals surface area contributed by atoms with Crippen LogP contribution in [0.5, 0.6) is 0 Å². The van der Waals surface area contributed by atoms with Gasteiger partial charge in [0.05, 0.1) is 16.7 Å². The van der Waals surface area contributed by atoms with Gasteiger partial charge in [-0.25, -0.2) is 15.0 Å². The molecule has 0 spiro atoms. The number of nitrogens with zero attached hydrogens (tertiary/aromatic N) is 4. The lowest BCUT2D eigenvalue weighted by Crippen LogP contribution is -2.04. The van der Waals surface area contributed by atoms with Crippen LogP contribution in [0.4, 0.5) is 0 Å². The smallest absolute Gasteiger partial charge is 0.164 e. The standard InChI is InChI=1S/C59H38N4/c1-5-18-39(19-6-1)44-29-17-30-47(34-44)51-37-53(59-61-57(42-23-9-3-10-24-42)60-58(62-59)43-25-11-4-12-26-43)50(40-20-7-2-8-21-40)38-55(51)63-54-36-46-28-14-13-27-45(46)35-52(54)49-33-32-41-22-15-16-31-48(41)56(49)63/h1-38H. The van der Waals surface area contributed by atoms with Crippen LogP contribution in [0.2, 0.25) is 0 Å². The van der Waals surface area contributed by atoms with Gasteiger partial charge in [-0.2, -0.15) is 0 Å². The second-order valence-electron chi connectivity index (χ2n) is 16.0. The number of hydrogen-bond donors (Lipinski definition) is 0. The maximum absolute atomic E-state index is 5.32. The van der Waals surface area contributed by atoms with Crippen LogP contribution < -0.4 is 0 Å². The summed E-state index contributed by atoms with van der Waals surface area (Å²) in [4.78, 5) is 15.7. The van der Waals surface area contributed by atoms with E-state index in [0.717, 1.165) is 61.3 Å². The van der Waals surface area contributed by atoms with E-state index in [1.807, 2.05) is 36.4 Å². The highest BCUT2D eigenvalue weighted by molar-refractivity contribution is 6.21. The zero-order valence-corrected chi connectivity index (χ0v) is 34.2. The van der Waals surface area contributed by atoms with Gasteiger partial charge in [-0.1, -0.05) is 200 Å². The first-order chi connectivity index (χ1) is 31.2. The van der Waals surface area contributed by atoms with E-state index in [-0.39, 0.29) is 0 Å². The Morgan fingerprint density at radius 3 is 1.46 bits per heavy atom. The van der Waals surface area contributed by atoms with Gasteiger partial charge in [0.25, 0.3) is 0 Å². The number of rotatable bonds is 7. The summed E-state index contributed by atoms with van der Waals surface area (Å²) in [6.45, 7) is 0. The van der Waals surface area contributed by atoms with Crippen molar-refractivity contribution in [3.05, 3.63) is 231 Å². The van der Waals surface area contributed by atoms with Crippen molar-refractivity contribution < 1.29 is 0 Å². The fourth-order valence-corrected chi connectivity index (χ4v) is 9.18. The average molecular weight is 803 g/mol. The number of benzene rings is 10. The Labute approximate surface area is 365 Å². The van der Waals surface area contributed by atoms with Crippen molar-refractivity contribution in [2.75, 3.05) is 0 Å². The Kier molecular flexibility index (Phi) is 8.79. The van der Waals surface area contributed by atoms with Crippen molar-refractivity contribution in [2.45, 2.75) is 0 Å². The van der Waals surface area contributed by atoms with E-state index in [0.29, 0.717) is 17.5 Å². The van der Waals surface area contributed by atoms with Crippen LogP contribution in [0.25, 0.3) is 117 Å². The van der Waals surface area contributed by atoms with E-state index < -0.39 is 0 Å². The molecule has 0 unspecified atom stereocenters. The minimum atomic E-state index is 0.604. The Bertz CT molecular complexity index is 3600. The van der Waals surface area contributed by atoms with Crippen LogP contribution in [0.15, 0.2) is 231 Å². The molecule has 2 aromatic heterocycles. The minimum Gasteiger partial charge on any atom is -0.308 e. The largest absolute Gasteiger partial charge is 0.308 e. The summed E-state index contributed by atoms with van der Waals surface area (Å²) in [5, 5.41) is 7.22. The summed E-state index contributed by atoms with van der Waals surface area (Å²) in [6, 6.07) is 82.0. The molecule has 63 heavy (non-hydrogen) atoms. The molecule has 0 bridgehead atoms. The van der Waals surface area contributed by atoms with Gasteiger partial charge in [0, 0.05) is 38.4 Å². The van der Waals surface area contributed by atoms with Gasteiger partial charge in [-0.15, -0.1) is 0 Å². The van der Waals surface area contributed by atoms with Gasteiger partial charge >= 0.3 is 0 Å². The molecule has 0 aliphatic carbocycles. The zero-order chi connectivity index (χ0) is 41.7. The second kappa shape index (κ2) is 15.2. The first-order valence-corrected chi connectivity index (χ1v) is 21.4. The lowest BCUT2D eigenvalue weighted by molar-refractivity contribution is 1.07. The molecule has 294 valence electrons. The third-order valence-corrected chi connectivity index (χ3v) is 12.2. The molecule has 0 N–H and O–H groups in total. The van der Waals surface area contributed by atoms with Gasteiger partial charge in [-0.3, -0.25) is 0 Å². The summed E-state index contributed by atoms with van der Waals surface area (Å²) < 4.78 is 2.51. The predicted molar refractivity (Wildman–Crippen MR) is 262 cm³/mol. The molecule has 10 aromatic carbocycles. The Balaban J connectivity index is 1.24. The number of hydrogen-bond acceptors (Lipinski definition) is 3. The Morgan fingerprint density at radius 2 is 0.794 bits per heavy atom. The Morgan fingerprint density at radius 1 is 0.270 bits per heavy atom. The molecule has 0 atom stereocenters. The lowest BCUT2D eigenvalue weighted by Gasteiger charge is -2.21. The van der Waals surface area contributed by atoms with E-state index >= 15 is 0 Å². The predicted octanol–water partition coefficient (Wildman–Crippen LogP) is 15.3. The van der Waals surface area contributed by atoms with Crippen LogP contribution in [0, 0.1) is 0 Å². The quantitative estimate of drug-likeness (QED) is 0.161. The van der Waals surface area contributed by atoms with Gasteiger partial charge in [0.2, 0.25) is 0 Å². The van der Waals surface area contributed by atoms with Crippen molar-refractivity contribution in [3.63, 3.8) is 0 Å². The Hall–Kier alpha value is -8.47. The van der Waals surface area contributed by atoms with Crippen molar-refractivity contribution in [1.82, 2.24) is 19.5 Å². The average Bonchev–Trinajstić information content (AvgIpc) is 3.69. The van der Waals surface area contributed by atoms with Gasteiger partial charge < -0.3 is 4.57 Å². The van der Waals surface area contributed by atoms with Crippen molar-refractivity contribution in [1.29, 1.82) is 0 Å². The fourth-order valence-electron chi connectivity index (χ4n) is 9.18. The molecule has 0 aliphatic rings. The highest BCUT2D eigenvalue weighted by Crippen LogP contribution is 2.45. The highest BCUT2D eigenvalue weighted by Gasteiger charge is 2.24. The third kappa shape index (κ3) is 6.44. The molecule has 0 saturated carbocycles. The molecule has 2 heterocycles. The first-order valence-electron chi connectivity index (χ1n) is 21.4. The van der Waals surface area contributed by atoms with E-state index in [2.05, 4.69) is 199 Å². The van der Waals surface area contributed by atoms with Crippen molar-refractivity contribution in [3.8, 4) is 73.2 Å². The number of fused-ring (bicyclic) bond motifs is 6. The molecule has 12 rings (SSSR count). The van der Waals surface area contributed by atoms with E-state index in [1.54, 1.807) is 0 Å². The van der Waals surface area contributed by atoms with Gasteiger partial charge in [0.15, 0.2) is 17.5 Å². The zero-order valence-electron chi connectivity index (χ0n) is 34.2. The van der Waals surface area contributed by atoms with Crippen molar-refractivity contribution in [2.24, 2.45) is 0 Å². The summed E-state index contributed by atoms with van der Waals surface area (Å²) in [7, 11) is 0. The normalized spacial score (nSPS) is 11.5. The highest BCUT2D eigenvalue weighted by atomic mass is 15.0. The maximum Gasteiger partial charge on any atom is 0.164 e. The van der Waals surface area contributed by atoms with Crippen LogP contribution in [0.1, 0.15) is 0 Å². The van der Waals surface area contributed by atoms with Crippen LogP contribution in [-0.2, 0) is 0 Å². The SMILES string of the molecule is c1ccc(-c2cccc(-c3cc(-c4nc(-c5ccccc5)nc(-c5ccccc5)n4)c(-c4ccccc4)cc3-n3c4cc5ccccc5cc4c4ccc5ccccc5c43)c2)cc1. The first kappa shape index (κ1) is 36.4. The fraction of sp³-hybridized carbons (Fsp3) is 0.